The van der Waals surface area contributed by atoms with Crippen molar-refractivity contribution in [3.8, 4) is 5.75 Å². The minimum atomic E-state index is -0.528. The number of nitrogens with one attached hydrogen (secondary N) is 1. The van der Waals surface area contributed by atoms with Crippen molar-refractivity contribution in [3.63, 3.8) is 0 Å². The average molecular weight is 366 g/mol. The average Bonchev–Trinajstić information content (AvgIpc) is 3.36. The van der Waals surface area contributed by atoms with Crippen molar-refractivity contribution < 1.29 is 14.6 Å². The monoisotopic (exact) mass is 366 g/mol. The molecule has 2 aromatic carbocycles. The summed E-state index contributed by atoms with van der Waals surface area (Å²) in [6.45, 7) is 2.80. The molecule has 1 aliphatic carbocycles. The number of aliphatic hydroxyl groups is 1. The second-order valence-corrected chi connectivity index (χ2v) is 7.65. The van der Waals surface area contributed by atoms with Crippen molar-refractivity contribution in [2.45, 2.75) is 31.6 Å². The minimum absolute atomic E-state index is 0.00326. The maximum Gasteiger partial charge on any atom is 0.234 e. The summed E-state index contributed by atoms with van der Waals surface area (Å²) in [5.41, 5.74) is 1.59. The van der Waals surface area contributed by atoms with Crippen LogP contribution in [-0.4, -0.2) is 41.1 Å². The highest BCUT2D eigenvalue weighted by atomic mass is 16.5. The van der Waals surface area contributed by atoms with Gasteiger partial charge in [0.2, 0.25) is 5.91 Å². The van der Waals surface area contributed by atoms with Crippen molar-refractivity contribution in [1.29, 1.82) is 0 Å². The molecule has 2 aliphatic rings. The Bertz CT molecular complexity index is 795. The number of carbonyl (C=O) groups excluding carboxylic acids is 1. The first-order valence-electron chi connectivity index (χ1n) is 9.58. The molecule has 2 N–H and O–H groups in total. The SMILES string of the molecule is O=C(CN1CC[C@@H]2C[C@]2(O)C1)NCc1ccccc1COc1ccccc1. The fourth-order valence-corrected chi connectivity index (χ4v) is 3.87. The number of rotatable bonds is 7. The van der Waals surface area contributed by atoms with Crippen LogP contribution in [0, 0.1) is 5.92 Å². The van der Waals surface area contributed by atoms with Gasteiger partial charge in [-0.25, -0.2) is 0 Å². The van der Waals surface area contributed by atoms with Crippen molar-refractivity contribution in [3.05, 3.63) is 65.7 Å². The maximum atomic E-state index is 12.3. The van der Waals surface area contributed by atoms with Crippen LogP contribution in [0.25, 0.3) is 0 Å². The molecule has 142 valence electrons. The highest BCUT2D eigenvalue weighted by Gasteiger charge is 2.55. The molecule has 0 spiro atoms. The van der Waals surface area contributed by atoms with Crippen LogP contribution in [0.1, 0.15) is 24.0 Å². The first kappa shape index (κ1) is 18.0. The molecule has 0 bridgehead atoms. The lowest BCUT2D eigenvalue weighted by atomic mass is 10.1. The molecule has 1 amide bonds. The number of para-hydroxylation sites is 1. The first-order valence-corrected chi connectivity index (χ1v) is 9.58. The van der Waals surface area contributed by atoms with Gasteiger partial charge in [-0.2, -0.15) is 0 Å². The number of nitrogens with zero attached hydrogens (tertiary/aromatic N) is 1. The number of amides is 1. The Morgan fingerprint density at radius 3 is 2.67 bits per heavy atom. The van der Waals surface area contributed by atoms with E-state index in [-0.39, 0.29) is 5.91 Å². The van der Waals surface area contributed by atoms with E-state index in [4.69, 9.17) is 4.74 Å². The summed E-state index contributed by atoms with van der Waals surface area (Å²) in [4.78, 5) is 14.4. The molecule has 5 heteroatoms. The van der Waals surface area contributed by atoms with E-state index in [1.807, 2.05) is 54.6 Å². The molecule has 1 saturated heterocycles. The number of likely N-dealkylation sites (tertiary alicyclic amines) is 1. The van der Waals surface area contributed by atoms with E-state index in [2.05, 4.69) is 10.2 Å². The van der Waals surface area contributed by atoms with Gasteiger partial charge in [0.05, 0.1) is 12.1 Å². The topological polar surface area (TPSA) is 61.8 Å². The Kier molecular flexibility index (Phi) is 5.14. The van der Waals surface area contributed by atoms with Gasteiger partial charge in [0, 0.05) is 13.1 Å². The Labute approximate surface area is 160 Å². The predicted octanol–water partition coefficient (Wildman–Crippen LogP) is 2.34. The molecule has 2 aromatic rings. The van der Waals surface area contributed by atoms with Crippen molar-refractivity contribution in [1.82, 2.24) is 10.2 Å². The van der Waals surface area contributed by atoms with E-state index < -0.39 is 5.60 Å². The fraction of sp³-hybridized carbons (Fsp3) is 0.409. The summed E-state index contributed by atoms with van der Waals surface area (Å²) in [7, 11) is 0. The van der Waals surface area contributed by atoms with E-state index >= 15 is 0 Å². The fourth-order valence-electron chi connectivity index (χ4n) is 3.87. The van der Waals surface area contributed by atoms with Crippen LogP contribution in [0.4, 0.5) is 0 Å². The lowest BCUT2D eigenvalue weighted by Crippen LogP contribution is -2.45. The lowest BCUT2D eigenvalue weighted by Gasteiger charge is -2.29. The molecule has 2 atom stereocenters. The van der Waals surface area contributed by atoms with E-state index in [1.165, 1.54) is 0 Å². The number of hydrogen-bond acceptors (Lipinski definition) is 4. The van der Waals surface area contributed by atoms with Crippen LogP contribution in [0.3, 0.4) is 0 Å². The highest BCUT2D eigenvalue weighted by molar-refractivity contribution is 5.78. The van der Waals surface area contributed by atoms with Gasteiger partial charge in [0.15, 0.2) is 0 Å². The zero-order chi connectivity index (χ0) is 18.7. The number of ether oxygens (including phenoxy) is 1. The molecule has 1 heterocycles. The Balaban J connectivity index is 1.28. The van der Waals surface area contributed by atoms with Gasteiger partial charge >= 0.3 is 0 Å². The Hall–Kier alpha value is -2.37. The lowest BCUT2D eigenvalue weighted by molar-refractivity contribution is -0.123. The molecule has 27 heavy (non-hydrogen) atoms. The van der Waals surface area contributed by atoms with Gasteiger partial charge in [-0.3, -0.25) is 9.69 Å². The largest absolute Gasteiger partial charge is 0.489 e. The summed E-state index contributed by atoms with van der Waals surface area (Å²) in [6, 6.07) is 17.7. The molecule has 0 aromatic heterocycles. The van der Waals surface area contributed by atoms with Gasteiger partial charge in [-0.15, -0.1) is 0 Å². The first-order chi connectivity index (χ1) is 13.1. The quantitative estimate of drug-likeness (QED) is 0.790. The highest BCUT2D eigenvalue weighted by Crippen LogP contribution is 2.48. The Morgan fingerprint density at radius 2 is 1.89 bits per heavy atom. The summed E-state index contributed by atoms with van der Waals surface area (Å²) in [5.74, 6) is 1.28. The van der Waals surface area contributed by atoms with E-state index in [1.54, 1.807) is 0 Å². The third kappa shape index (κ3) is 4.49. The number of carbonyl (C=O) groups is 1. The molecule has 0 radical (unpaired) electrons. The molecule has 5 nitrogen and oxygen atoms in total. The van der Waals surface area contributed by atoms with Crippen LogP contribution in [0.5, 0.6) is 5.75 Å². The zero-order valence-electron chi connectivity index (χ0n) is 15.4. The second-order valence-electron chi connectivity index (χ2n) is 7.65. The second kappa shape index (κ2) is 7.71. The summed E-state index contributed by atoms with van der Waals surface area (Å²) < 4.78 is 5.84. The van der Waals surface area contributed by atoms with Gasteiger partial charge < -0.3 is 15.2 Å². The van der Waals surface area contributed by atoms with Crippen molar-refractivity contribution in [2.75, 3.05) is 19.6 Å². The van der Waals surface area contributed by atoms with Gasteiger partial charge in [0.25, 0.3) is 0 Å². The standard InChI is InChI=1S/C22H26N2O3/c25-21(14-24-11-10-19-12-22(19,26)16-24)23-13-17-6-4-5-7-18(17)15-27-20-8-2-1-3-9-20/h1-9,19,26H,10-16H2,(H,23,25)/t19-,22+/m1/s1. The van der Waals surface area contributed by atoms with Gasteiger partial charge in [-0.1, -0.05) is 42.5 Å². The van der Waals surface area contributed by atoms with Crippen molar-refractivity contribution >= 4 is 5.91 Å². The van der Waals surface area contributed by atoms with Crippen LogP contribution in [0.15, 0.2) is 54.6 Å². The zero-order valence-corrected chi connectivity index (χ0v) is 15.4. The number of hydrogen-bond donors (Lipinski definition) is 2. The smallest absolute Gasteiger partial charge is 0.234 e. The number of β-amino-alcohol motifs (C(OH)–C–C–N with tert-alkyl or cyclic N) is 1. The molecule has 2 fully saturated rings. The van der Waals surface area contributed by atoms with Crippen LogP contribution in [-0.2, 0) is 17.9 Å². The number of benzene rings is 2. The number of piperidine rings is 1. The van der Waals surface area contributed by atoms with E-state index in [9.17, 15) is 9.90 Å². The number of fused-ring (bicyclic) bond motifs is 1. The molecular formula is C22H26N2O3. The molecule has 1 aliphatic heterocycles. The summed E-state index contributed by atoms with van der Waals surface area (Å²) in [5, 5.41) is 13.2. The third-order valence-corrected chi connectivity index (χ3v) is 5.59. The van der Waals surface area contributed by atoms with Crippen LogP contribution < -0.4 is 10.1 Å². The van der Waals surface area contributed by atoms with Gasteiger partial charge in [0.1, 0.15) is 12.4 Å². The molecule has 1 saturated carbocycles. The summed E-state index contributed by atoms with van der Waals surface area (Å²) in [6.07, 6.45) is 1.88. The summed E-state index contributed by atoms with van der Waals surface area (Å²) >= 11 is 0. The van der Waals surface area contributed by atoms with E-state index in [0.29, 0.717) is 32.2 Å². The van der Waals surface area contributed by atoms with Crippen molar-refractivity contribution in [2.24, 2.45) is 5.92 Å². The Morgan fingerprint density at radius 1 is 1.15 bits per heavy atom. The molecular weight excluding hydrogens is 340 g/mol. The van der Waals surface area contributed by atoms with Crippen LogP contribution in [0.2, 0.25) is 0 Å². The molecule has 0 unspecified atom stereocenters. The van der Waals surface area contributed by atoms with Crippen LogP contribution >= 0.6 is 0 Å². The molecule has 4 rings (SSSR count). The van der Waals surface area contributed by atoms with E-state index in [0.717, 1.165) is 36.3 Å². The van der Waals surface area contributed by atoms with Gasteiger partial charge in [-0.05, 0) is 48.6 Å². The maximum absolute atomic E-state index is 12.3. The minimum Gasteiger partial charge on any atom is -0.489 e. The normalized spacial score (nSPS) is 24.1. The third-order valence-electron chi connectivity index (χ3n) is 5.59. The predicted molar refractivity (Wildman–Crippen MR) is 103 cm³/mol.